The van der Waals surface area contributed by atoms with Crippen molar-refractivity contribution in [3.63, 3.8) is 0 Å². The number of rotatable bonds is 2. The van der Waals surface area contributed by atoms with Crippen molar-refractivity contribution in [1.82, 2.24) is 5.16 Å². The zero-order chi connectivity index (χ0) is 13.2. The Bertz CT molecular complexity index is 775. The second-order valence-corrected chi connectivity index (χ2v) is 4.08. The molecular weight excluding hydrogens is 242 g/mol. The third-order valence-corrected chi connectivity index (χ3v) is 2.93. The molecular formula is C15H11NO3. The van der Waals surface area contributed by atoms with Crippen molar-refractivity contribution < 1.29 is 9.26 Å². The first-order valence-electron chi connectivity index (χ1n) is 5.83. The molecule has 0 saturated heterocycles. The highest BCUT2D eigenvalue weighted by Gasteiger charge is 2.12. The smallest absolute Gasteiger partial charge is 0.192 e. The number of ether oxygens (including phenoxy) is 1. The van der Waals surface area contributed by atoms with Crippen LogP contribution in [0, 0.1) is 0 Å². The van der Waals surface area contributed by atoms with Crippen LogP contribution in [0.15, 0.2) is 57.8 Å². The Kier molecular flexibility index (Phi) is 2.76. The van der Waals surface area contributed by atoms with E-state index in [0.717, 1.165) is 11.3 Å². The predicted octanol–water partition coefficient (Wildman–Crippen LogP) is 2.86. The normalized spacial score (nSPS) is 10.6. The summed E-state index contributed by atoms with van der Waals surface area (Å²) < 4.78 is 10.3. The molecule has 0 fully saturated rings. The fraction of sp³-hybridized carbons (Fsp3) is 0.0667. The van der Waals surface area contributed by atoms with Crippen LogP contribution in [0.3, 0.4) is 0 Å². The Morgan fingerprint density at radius 2 is 1.79 bits per heavy atom. The van der Waals surface area contributed by atoms with Gasteiger partial charge in [0.25, 0.3) is 0 Å². The fourth-order valence-corrected chi connectivity index (χ4v) is 1.97. The minimum Gasteiger partial charge on any atom is -0.497 e. The molecule has 0 atom stereocenters. The van der Waals surface area contributed by atoms with Gasteiger partial charge in [-0.25, -0.2) is 0 Å². The molecule has 4 heteroatoms. The molecule has 0 amide bonds. The third kappa shape index (κ3) is 1.97. The lowest BCUT2D eigenvalue weighted by Crippen LogP contribution is -1.95. The maximum absolute atomic E-state index is 12.0. The molecule has 4 nitrogen and oxygen atoms in total. The summed E-state index contributed by atoms with van der Waals surface area (Å²) in [6, 6.07) is 14.0. The van der Waals surface area contributed by atoms with Crippen molar-refractivity contribution in [1.29, 1.82) is 0 Å². The molecule has 0 spiro atoms. The van der Waals surface area contributed by atoms with Gasteiger partial charge >= 0.3 is 0 Å². The Morgan fingerprint density at radius 1 is 1.05 bits per heavy atom. The van der Waals surface area contributed by atoms with E-state index in [1.807, 2.05) is 24.3 Å². The minimum atomic E-state index is -0.105. The van der Waals surface area contributed by atoms with E-state index in [-0.39, 0.29) is 5.43 Å². The average Bonchev–Trinajstić information content (AvgIpc) is 2.79. The summed E-state index contributed by atoms with van der Waals surface area (Å²) in [6.07, 6.45) is 0. The Labute approximate surface area is 109 Å². The lowest BCUT2D eigenvalue weighted by molar-refractivity contribution is 0.415. The molecule has 1 heterocycles. The van der Waals surface area contributed by atoms with E-state index < -0.39 is 0 Å². The summed E-state index contributed by atoms with van der Waals surface area (Å²) >= 11 is 0. The highest BCUT2D eigenvalue weighted by molar-refractivity contribution is 5.90. The summed E-state index contributed by atoms with van der Waals surface area (Å²) in [6.45, 7) is 0. The first-order valence-corrected chi connectivity index (χ1v) is 5.83. The van der Waals surface area contributed by atoms with Crippen LogP contribution in [0.25, 0.3) is 22.2 Å². The quantitative estimate of drug-likeness (QED) is 0.704. The lowest BCUT2D eigenvalue weighted by Gasteiger charge is -2.00. The number of hydrogen-bond donors (Lipinski definition) is 0. The summed E-state index contributed by atoms with van der Waals surface area (Å²) in [5.74, 6) is 0.754. The van der Waals surface area contributed by atoms with Crippen LogP contribution in [0.5, 0.6) is 5.75 Å². The number of fused-ring (bicyclic) bond motifs is 1. The topological polar surface area (TPSA) is 52.3 Å². The largest absolute Gasteiger partial charge is 0.497 e. The fourth-order valence-electron chi connectivity index (χ4n) is 1.97. The molecule has 94 valence electrons. The number of nitrogens with zero attached hydrogens (tertiary/aromatic N) is 1. The average molecular weight is 253 g/mol. The monoisotopic (exact) mass is 253 g/mol. The van der Waals surface area contributed by atoms with Gasteiger partial charge in [-0.2, -0.15) is 0 Å². The van der Waals surface area contributed by atoms with Crippen molar-refractivity contribution in [3.05, 3.63) is 58.8 Å². The van der Waals surface area contributed by atoms with E-state index in [1.165, 1.54) is 6.07 Å². The van der Waals surface area contributed by atoms with E-state index >= 15 is 0 Å². The molecule has 0 aliphatic rings. The lowest BCUT2D eigenvalue weighted by atomic mass is 10.1. The first-order chi connectivity index (χ1) is 9.29. The molecule has 0 bridgehead atoms. The van der Waals surface area contributed by atoms with Gasteiger partial charge in [-0.1, -0.05) is 17.3 Å². The van der Waals surface area contributed by atoms with Gasteiger partial charge in [-0.15, -0.1) is 0 Å². The zero-order valence-electron chi connectivity index (χ0n) is 10.3. The zero-order valence-corrected chi connectivity index (χ0v) is 10.3. The standard InChI is InChI=1S/C15H11NO3/c1-18-11-8-6-10(7-9-11)15-14-12(17)4-2-3-5-13(14)19-16-15/h2-9H,1H3. The molecule has 0 aliphatic carbocycles. The summed E-state index contributed by atoms with van der Waals surface area (Å²) in [5, 5.41) is 4.49. The van der Waals surface area contributed by atoms with Gasteiger partial charge in [0.1, 0.15) is 11.4 Å². The van der Waals surface area contributed by atoms with Crippen molar-refractivity contribution in [3.8, 4) is 17.0 Å². The molecule has 3 aromatic rings. The van der Waals surface area contributed by atoms with Crippen molar-refractivity contribution in [2.75, 3.05) is 7.11 Å². The maximum Gasteiger partial charge on any atom is 0.192 e. The van der Waals surface area contributed by atoms with Crippen LogP contribution >= 0.6 is 0 Å². The molecule has 19 heavy (non-hydrogen) atoms. The van der Waals surface area contributed by atoms with Crippen LogP contribution in [-0.4, -0.2) is 12.3 Å². The summed E-state index contributed by atoms with van der Waals surface area (Å²) in [7, 11) is 1.61. The molecule has 0 N–H and O–H groups in total. The Hall–Kier alpha value is -2.62. The molecule has 0 aliphatic heterocycles. The van der Waals surface area contributed by atoms with Crippen molar-refractivity contribution >= 4 is 11.0 Å². The third-order valence-electron chi connectivity index (χ3n) is 2.93. The summed E-state index contributed by atoms with van der Waals surface area (Å²) in [5.41, 5.74) is 1.76. The first kappa shape index (κ1) is 11.5. The molecule has 1 aromatic heterocycles. The van der Waals surface area contributed by atoms with Gasteiger partial charge in [0.2, 0.25) is 0 Å². The molecule has 3 rings (SSSR count). The summed E-state index contributed by atoms with van der Waals surface area (Å²) in [4.78, 5) is 12.0. The second kappa shape index (κ2) is 4.57. The van der Waals surface area contributed by atoms with E-state index in [2.05, 4.69) is 5.16 Å². The van der Waals surface area contributed by atoms with E-state index in [4.69, 9.17) is 9.26 Å². The molecule has 0 radical (unpaired) electrons. The van der Waals surface area contributed by atoms with E-state index in [0.29, 0.717) is 16.7 Å². The SMILES string of the molecule is COc1ccc(-c2noc3ccccc(=O)c23)cc1. The van der Waals surface area contributed by atoms with Gasteiger partial charge < -0.3 is 9.26 Å². The van der Waals surface area contributed by atoms with Gasteiger partial charge in [0.15, 0.2) is 11.0 Å². The predicted molar refractivity (Wildman–Crippen MR) is 72.3 cm³/mol. The number of benzene rings is 1. The van der Waals surface area contributed by atoms with Crippen LogP contribution in [-0.2, 0) is 0 Å². The molecule has 2 aromatic carbocycles. The van der Waals surface area contributed by atoms with Crippen molar-refractivity contribution in [2.24, 2.45) is 0 Å². The highest BCUT2D eigenvalue weighted by atomic mass is 16.5. The number of hydrogen-bond acceptors (Lipinski definition) is 4. The number of aromatic nitrogens is 1. The highest BCUT2D eigenvalue weighted by Crippen LogP contribution is 2.26. The number of methoxy groups -OCH3 is 1. The van der Waals surface area contributed by atoms with E-state index in [9.17, 15) is 4.79 Å². The van der Waals surface area contributed by atoms with Gasteiger partial charge in [-0.05, 0) is 36.4 Å². The molecule has 0 unspecified atom stereocenters. The van der Waals surface area contributed by atoms with Crippen LogP contribution in [0.1, 0.15) is 0 Å². The van der Waals surface area contributed by atoms with Crippen molar-refractivity contribution in [2.45, 2.75) is 0 Å². The Morgan fingerprint density at radius 3 is 2.53 bits per heavy atom. The van der Waals surface area contributed by atoms with E-state index in [1.54, 1.807) is 25.3 Å². The van der Waals surface area contributed by atoms with Gasteiger partial charge in [0.05, 0.1) is 12.5 Å². The molecule has 0 saturated carbocycles. The minimum absolute atomic E-state index is 0.105. The van der Waals surface area contributed by atoms with Gasteiger partial charge in [0, 0.05) is 5.56 Å². The van der Waals surface area contributed by atoms with Crippen LogP contribution < -0.4 is 10.2 Å². The van der Waals surface area contributed by atoms with Crippen LogP contribution in [0.4, 0.5) is 0 Å². The maximum atomic E-state index is 12.0. The van der Waals surface area contributed by atoms with Crippen LogP contribution in [0.2, 0.25) is 0 Å². The second-order valence-electron chi connectivity index (χ2n) is 4.08. The van der Waals surface area contributed by atoms with Gasteiger partial charge in [-0.3, -0.25) is 4.79 Å². The Balaban J connectivity index is 2.25.